The highest BCUT2D eigenvalue weighted by molar-refractivity contribution is 8.63. The van der Waals surface area contributed by atoms with Gasteiger partial charge in [0, 0.05) is 22.4 Å². The van der Waals surface area contributed by atoms with Crippen LogP contribution < -0.4 is 5.32 Å². The maximum absolute atomic E-state index is 12.6. The van der Waals surface area contributed by atoms with E-state index in [1.807, 2.05) is 31.2 Å². The zero-order valence-corrected chi connectivity index (χ0v) is 17.5. The predicted octanol–water partition coefficient (Wildman–Crippen LogP) is 5.08. The van der Waals surface area contributed by atoms with Crippen molar-refractivity contribution in [1.82, 2.24) is 0 Å². The Morgan fingerprint density at radius 2 is 1.96 bits per heavy atom. The average molecular weight is 392 g/mol. The van der Waals surface area contributed by atoms with E-state index in [0.717, 1.165) is 17.6 Å². The topological polar surface area (TPSA) is 38.3 Å². The molecule has 2 atom stereocenters. The molecule has 1 amide bonds. The van der Waals surface area contributed by atoms with Crippen LogP contribution in [0.2, 0.25) is 0 Å². The van der Waals surface area contributed by atoms with Gasteiger partial charge in [-0.25, -0.2) is 0 Å². The summed E-state index contributed by atoms with van der Waals surface area (Å²) in [6.07, 6.45) is 0.732. The van der Waals surface area contributed by atoms with Gasteiger partial charge >= 0.3 is 0 Å². The first kappa shape index (κ1) is 21.0. The van der Waals surface area contributed by atoms with Crippen molar-refractivity contribution in [2.75, 3.05) is 23.8 Å². The summed E-state index contributed by atoms with van der Waals surface area (Å²) in [6, 6.07) is 7.82. The Hall–Kier alpha value is -0.000000000000000111. The molecule has 1 N–H and O–H groups in total. The molecular weight excluding hydrogens is 365 g/mol. The molecule has 23 heavy (non-hydrogen) atoms. The number of amides is 1. The number of rotatable bonds is 9. The normalized spacial score (nSPS) is 15.2. The molecule has 0 heterocycles. The lowest BCUT2D eigenvalue weighted by atomic mass is 10.3. The molecule has 0 aromatic heterocycles. The summed E-state index contributed by atoms with van der Waals surface area (Å²) >= 11 is 12.0. The fourth-order valence-corrected chi connectivity index (χ4v) is 7.73. The Bertz CT molecular complexity index is 549. The second-order valence-electron chi connectivity index (χ2n) is 5.59. The number of thioether (sulfide) groups is 1. The van der Waals surface area contributed by atoms with Crippen LogP contribution in [0.3, 0.4) is 0 Å². The fraction of sp³-hybridized carbons (Fsp3) is 0.562. The maximum Gasteiger partial charge on any atom is 0.259 e. The van der Waals surface area contributed by atoms with Gasteiger partial charge in [-0.15, -0.1) is 24.0 Å². The molecular formula is C16H26NO2PS3. The Balaban J connectivity index is 2.83. The zero-order chi connectivity index (χ0) is 17.5. The summed E-state index contributed by atoms with van der Waals surface area (Å²) in [4.78, 5) is 13.8. The molecule has 0 aliphatic heterocycles. The van der Waals surface area contributed by atoms with Crippen molar-refractivity contribution >= 4 is 52.7 Å². The summed E-state index contributed by atoms with van der Waals surface area (Å²) in [5, 5.41) is 0.715. The monoisotopic (exact) mass is 391 g/mol. The standard InChI is InChI=1S/C16H26NO2PS3/c1-5-19-16(20(21,22)11-12(3)4)15(18)17-13-7-9-14(10-8-13)23-6-2/h7-10,12,16H,5-6,11H2,1-4H3,(H,17,18)(H,21,22). The minimum atomic E-state index is -2.20. The van der Waals surface area contributed by atoms with E-state index in [9.17, 15) is 4.79 Å². The largest absolute Gasteiger partial charge is 0.362 e. The third kappa shape index (κ3) is 7.18. The predicted molar refractivity (Wildman–Crippen MR) is 110 cm³/mol. The van der Waals surface area contributed by atoms with E-state index in [0.29, 0.717) is 12.5 Å². The minimum absolute atomic E-state index is 0.193. The number of carbonyl (C=O) groups excluding carboxylic acids is 1. The lowest BCUT2D eigenvalue weighted by Crippen LogP contribution is -2.30. The first-order valence-corrected chi connectivity index (χ1v) is 13.0. The molecule has 1 aromatic rings. The summed E-state index contributed by atoms with van der Waals surface area (Å²) in [7, 11) is 0. The van der Waals surface area contributed by atoms with Crippen molar-refractivity contribution in [2.24, 2.45) is 5.92 Å². The van der Waals surface area contributed by atoms with Crippen molar-refractivity contribution in [2.45, 2.75) is 38.4 Å². The molecule has 0 saturated carbocycles. The number of benzene rings is 1. The van der Waals surface area contributed by atoms with Crippen LogP contribution >= 0.6 is 29.3 Å². The van der Waals surface area contributed by atoms with Crippen LogP contribution in [-0.4, -0.2) is 30.3 Å². The van der Waals surface area contributed by atoms with Crippen molar-refractivity contribution in [3.63, 3.8) is 0 Å². The molecule has 0 fully saturated rings. The van der Waals surface area contributed by atoms with Crippen LogP contribution in [0.25, 0.3) is 0 Å². The molecule has 0 saturated heterocycles. The minimum Gasteiger partial charge on any atom is -0.362 e. The molecule has 0 spiro atoms. The molecule has 7 heteroatoms. The number of hydrogen-bond donors (Lipinski definition) is 2. The van der Waals surface area contributed by atoms with Crippen LogP contribution in [0.15, 0.2) is 29.2 Å². The van der Waals surface area contributed by atoms with Crippen molar-refractivity contribution in [3.8, 4) is 0 Å². The quantitative estimate of drug-likeness (QED) is 0.350. The Labute approximate surface area is 154 Å². The van der Waals surface area contributed by atoms with E-state index in [-0.39, 0.29) is 5.91 Å². The summed E-state index contributed by atoms with van der Waals surface area (Å²) in [5.41, 5.74) is 0.757. The van der Waals surface area contributed by atoms with Crippen LogP contribution in [-0.2, 0) is 21.3 Å². The third-order valence-electron chi connectivity index (χ3n) is 2.97. The van der Waals surface area contributed by atoms with Gasteiger partial charge in [0.1, 0.15) is 0 Å². The average Bonchev–Trinajstić information content (AvgIpc) is 2.45. The van der Waals surface area contributed by atoms with E-state index in [4.69, 9.17) is 16.5 Å². The van der Waals surface area contributed by atoms with Crippen molar-refractivity contribution in [3.05, 3.63) is 24.3 Å². The number of thiol groups is 1. The van der Waals surface area contributed by atoms with Gasteiger partial charge in [0.2, 0.25) is 0 Å². The molecule has 130 valence electrons. The summed E-state index contributed by atoms with van der Waals surface area (Å²) < 4.78 is 5.66. The van der Waals surface area contributed by atoms with Gasteiger partial charge in [0.25, 0.3) is 5.91 Å². The molecule has 0 bridgehead atoms. The second kappa shape index (κ2) is 10.1. The molecule has 1 rings (SSSR count). The Morgan fingerprint density at radius 3 is 2.43 bits per heavy atom. The lowest BCUT2D eigenvalue weighted by molar-refractivity contribution is -0.122. The van der Waals surface area contributed by atoms with Crippen LogP contribution in [0.1, 0.15) is 27.7 Å². The SMILES string of the molecule is CCOC(C(=O)Nc1ccc(SCC)cc1)P(=S)(S)CC(C)C. The van der Waals surface area contributed by atoms with Crippen molar-refractivity contribution in [1.29, 1.82) is 0 Å². The summed E-state index contributed by atoms with van der Waals surface area (Å²) in [5.74, 6) is 0.565. The van der Waals surface area contributed by atoms with Gasteiger partial charge < -0.3 is 10.1 Å². The highest BCUT2D eigenvalue weighted by Gasteiger charge is 2.32. The third-order valence-corrected chi connectivity index (χ3v) is 8.38. The molecule has 0 radical (unpaired) electrons. The van der Waals surface area contributed by atoms with E-state index < -0.39 is 11.1 Å². The van der Waals surface area contributed by atoms with E-state index >= 15 is 0 Å². The Morgan fingerprint density at radius 1 is 1.35 bits per heavy atom. The number of hydrogen-bond acceptors (Lipinski definition) is 4. The first-order chi connectivity index (χ1) is 10.8. The van der Waals surface area contributed by atoms with Crippen LogP contribution in [0, 0.1) is 5.92 Å². The Kier molecular flexibility index (Phi) is 9.24. The smallest absolute Gasteiger partial charge is 0.259 e. The zero-order valence-electron chi connectivity index (χ0n) is 14.1. The molecule has 1 aromatic carbocycles. The highest BCUT2D eigenvalue weighted by Crippen LogP contribution is 2.57. The second-order valence-corrected chi connectivity index (χ2v) is 14.2. The molecule has 0 aliphatic carbocycles. The highest BCUT2D eigenvalue weighted by atomic mass is 32.9. The first-order valence-electron chi connectivity index (χ1n) is 7.77. The lowest BCUT2D eigenvalue weighted by Gasteiger charge is -2.27. The molecule has 3 nitrogen and oxygen atoms in total. The molecule has 0 aliphatic rings. The maximum atomic E-state index is 12.6. The van der Waals surface area contributed by atoms with Crippen LogP contribution in [0.5, 0.6) is 0 Å². The van der Waals surface area contributed by atoms with Gasteiger partial charge in [0.15, 0.2) is 5.85 Å². The van der Waals surface area contributed by atoms with Crippen LogP contribution in [0.4, 0.5) is 5.69 Å². The van der Waals surface area contributed by atoms with Gasteiger partial charge in [-0.3, -0.25) is 4.79 Å². The van der Waals surface area contributed by atoms with Gasteiger partial charge in [-0.1, -0.05) is 32.6 Å². The fourth-order valence-electron chi connectivity index (χ4n) is 2.16. The number of carbonyl (C=O) groups is 1. The van der Waals surface area contributed by atoms with E-state index in [1.165, 1.54) is 4.90 Å². The van der Waals surface area contributed by atoms with Gasteiger partial charge in [-0.2, -0.15) is 0 Å². The number of anilines is 1. The van der Waals surface area contributed by atoms with E-state index in [1.54, 1.807) is 11.8 Å². The van der Waals surface area contributed by atoms with E-state index in [2.05, 4.69) is 38.3 Å². The van der Waals surface area contributed by atoms with Crippen molar-refractivity contribution < 1.29 is 9.53 Å². The molecule has 2 unspecified atom stereocenters. The summed E-state index contributed by atoms with van der Waals surface area (Å²) in [6.45, 7) is 8.60. The number of ether oxygens (including phenoxy) is 1. The van der Waals surface area contributed by atoms with Gasteiger partial charge in [-0.05, 0) is 49.0 Å². The number of nitrogens with one attached hydrogen (secondary N) is 1. The van der Waals surface area contributed by atoms with Gasteiger partial charge in [0.05, 0.1) is 0 Å².